The molecule has 3 rings (SSSR count). The van der Waals surface area contributed by atoms with Crippen molar-refractivity contribution in [3.63, 3.8) is 0 Å². The summed E-state index contributed by atoms with van der Waals surface area (Å²) in [6.45, 7) is -0.795. The summed E-state index contributed by atoms with van der Waals surface area (Å²) < 4.78 is 38.2. The molecule has 0 bridgehead atoms. The molecule has 0 radical (unpaired) electrons. The van der Waals surface area contributed by atoms with Gasteiger partial charge in [-0.1, -0.05) is 40.9 Å². The molecule has 12 heteroatoms. The number of nitrogens with zero attached hydrogens (tertiary/aromatic N) is 2. The number of halogens is 3. The molecule has 3 aromatic carbocycles. The molecule has 190 valence electrons. The molecule has 0 aromatic heterocycles. The Bertz CT molecular complexity index is 1350. The standard InChI is InChI=1S/C24H22Cl3N3O5S/c1-34-18-9-6-16(23(12-18)35-2)13-28-29-24(31)15-30(14-20-21(26)4-3-5-22(20)27)36(32,33)19-10-7-17(25)8-11-19/h3-13H,14-15H2,1-2H3,(H,29,31)/b28-13-. The third-order valence-corrected chi connectivity index (χ3v) is 7.77. The summed E-state index contributed by atoms with van der Waals surface area (Å²) in [7, 11) is -1.11. The Morgan fingerprint density at radius 2 is 1.67 bits per heavy atom. The van der Waals surface area contributed by atoms with Crippen molar-refractivity contribution < 1.29 is 22.7 Å². The molecule has 1 amide bonds. The van der Waals surface area contributed by atoms with E-state index in [1.807, 2.05) is 0 Å². The minimum absolute atomic E-state index is 0.0469. The van der Waals surface area contributed by atoms with Crippen molar-refractivity contribution in [1.82, 2.24) is 9.73 Å². The number of methoxy groups -OCH3 is 2. The van der Waals surface area contributed by atoms with E-state index < -0.39 is 22.5 Å². The van der Waals surface area contributed by atoms with Crippen LogP contribution in [0.3, 0.4) is 0 Å². The average molecular weight is 571 g/mol. The number of amides is 1. The number of nitrogens with one attached hydrogen (secondary N) is 1. The Morgan fingerprint density at radius 3 is 2.28 bits per heavy atom. The average Bonchev–Trinajstić information content (AvgIpc) is 2.86. The molecular weight excluding hydrogens is 549 g/mol. The number of hydrogen-bond acceptors (Lipinski definition) is 6. The first-order chi connectivity index (χ1) is 17.1. The quantitative estimate of drug-likeness (QED) is 0.273. The van der Waals surface area contributed by atoms with Crippen LogP contribution in [0.2, 0.25) is 15.1 Å². The smallest absolute Gasteiger partial charge is 0.255 e. The van der Waals surface area contributed by atoms with Crippen LogP contribution < -0.4 is 14.9 Å². The fraction of sp³-hybridized carbons (Fsp3) is 0.167. The summed E-state index contributed by atoms with van der Waals surface area (Å²) in [5.41, 5.74) is 3.27. The minimum atomic E-state index is -4.13. The Morgan fingerprint density at radius 1 is 1.00 bits per heavy atom. The lowest BCUT2D eigenvalue weighted by Gasteiger charge is -2.22. The molecule has 0 saturated heterocycles. The zero-order valence-corrected chi connectivity index (χ0v) is 22.3. The Hall–Kier alpha value is -2.82. The summed E-state index contributed by atoms with van der Waals surface area (Å²) in [6, 6.07) is 15.5. The monoisotopic (exact) mass is 569 g/mol. The van der Waals surface area contributed by atoms with Crippen LogP contribution in [0.15, 0.2) is 70.7 Å². The predicted octanol–water partition coefficient (Wildman–Crippen LogP) is 5.01. The van der Waals surface area contributed by atoms with Crippen molar-refractivity contribution >= 4 is 56.9 Å². The van der Waals surface area contributed by atoms with Crippen molar-refractivity contribution in [1.29, 1.82) is 0 Å². The van der Waals surface area contributed by atoms with Crippen molar-refractivity contribution in [2.24, 2.45) is 5.10 Å². The second-order valence-electron chi connectivity index (χ2n) is 7.33. The van der Waals surface area contributed by atoms with Gasteiger partial charge in [0.15, 0.2) is 0 Å². The molecule has 0 unspecified atom stereocenters. The van der Waals surface area contributed by atoms with Crippen LogP contribution in [0.1, 0.15) is 11.1 Å². The second-order valence-corrected chi connectivity index (χ2v) is 10.5. The first-order valence-electron chi connectivity index (χ1n) is 10.4. The van der Waals surface area contributed by atoms with Gasteiger partial charge < -0.3 is 9.47 Å². The summed E-state index contributed by atoms with van der Waals surface area (Å²) in [5, 5.41) is 4.84. The normalized spacial score (nSPS) is 11.6. The predicted molar refractivity (Wildman–Crippen MR) is 141 cm³/mol. The number of rotatable bonds is 10. The summed E-state index contributed by atoms with van der Waals surface area (Å²) in [6.07, 6.45) is 1.37. The topological polar surface area (TPSA) is 97.3 Å². The molecule has 0 heterocycles. The number of carbonyl (C=O) groups excluding carboxylic acids is 1. The van der Waals surface area contributed by atoms with E-state index in [2.05, 4.69) is 10.5 Å². The number of sulfonamides is 1. The molecule has 0 spiro atoms. The lowest BCUT2D eigenvalue weighted by molar-refractivity contribution is -0.121. The van der Waals surface area contributed by atoms with Crippen LogP contribution in [-0.4, -0.2) is 45.6 Å². The molecule has 0 aliphatic rings. The van der Waals surface area contributed by atoms with E-state index in [1.54, 1.807) is 36.4 Å². The van der Waals surface area contributed by atoms with E-state index >= 15 is 0 Å². The molecule has 0 saturated carbocycles. The van der Waals surface area contributed by atoms with E-state index in [4.69, 9.17) is 44.3 Å². The van der Waals surface area contributed by atoms with Crippen LogP contribution in [-0.2, 0) is 21.4 Å². The van der Waals surface area contributed by atoms with E-state index in [0.717, 1.165) is 4.31 Å². The Labute approximate surface area is 224 Å². The second kappa shape index (κ2) is 12.4. The first kappa shape index (κ1) is 27.8. The van der Waals surface area contributed by atoms with Gasteiger partial charge in [0, 0.05) is 38.8 Å². The lowest BCUT2D eigenvalue weighted by Crippen LogP contribution is -2.39. The first-order valence-corrected chi connectivity index (χ1v) is 13.0. The summed E-state index contributed by atoms with van der Waals surface area (Å²) in [5.74, 6) is 0.390. The number of carbonyl (C=O) groups is 1. The molecular formula is C24H22Cl3N3O5S. The summed E-state index contributed by atoms with van der Waals surface area (Å²) in [4.78, 5) is 12.7. The van der Waals surface area contributed by atoms with Gasteiger partial charge in [0.2, 0.25) is 10.0 Å². The Kier molecular flexibility index (Phi) is 9.58. The SMILES string of the molecule is COc1ccc(/C=N\NC(=O)CN(Cc2c(Cl)cccc2Cl)S(=O)(=O)c2ccc(Cl)cc2)c(OC)c1. The molecule has 36 heavy (non-hydrogen) atoms. The zero-order chi connectivity index (χ0) is 26.3. The highest BCUT2D eigenvalue weighted by atomic mass is 35.5. The van der Waals surface area contributed by atoms with Crippen LogP contribution in [0.25, 0.3) is 0 Å². The van der Waals surface area contributed by atoms with Crippen LogP contribution in [0.4, 0.5) is 0 Å². The highest BCUT2D eigenvalue weighted by molar-refractivity contribution is 7.89. The molecule has 3 aromatic rings. The third-order valence-electron chi connectivity index (χ3n) is 5.00. The molecule has 8 nitrogen and oxygen atoms in total. The van der Waals surface area contributed by atoms with Gasteiger partial charge in [-0.25, -0.2) is 13.8 Å². The van der Waals surface area contributed by atoms with Crippen LogP contribution in [0.5, 0.6) is 11.5 Å². The van der Waals surface area contributed by atoms with Gasteiger partial charge in [-0.05, 0) is 48.5 Å². The number of benzene rings is 3. The highest BCUT2D eigenvalue weighted by Gasteiger charge is 2.28. The van der Waals surface area contributed by atoms with Gasteiger partial charge in [0.1, 0.15) is 11.5 Å². The highest BCUT2D eigenvalue weighted by Crippen LogP contribution is 2.28. The van der Waals surface area contributed by atoms with Crippen molar-refractivity contribution in [3.05, 3.63) is 86.9 Å². The van der Waals surface area contributed by atoms with Gasteiger partial charge in [-0.3, -0.25) is 4.79 Å². The molecule has 1 N–H and O–H groups in total. The number of hydrogen-bond donors (Lipinski definition) is 1. The van der Waals surface area contributed by atoms with E-state index in [9.17, 15) is 13.2 Å². The van der Waals surface area contributed by atoms with Crippen molar-refractivity contribution in [2.45, 2.75) is 11.4 Å². The lowest BCUT2D eigenvalue weighted by atomic mass is 10.2. The van der Waals surface area contributed by atoms with Gasteiger partial charge in [-0.2, -0.15) is 9.41 Å². The minimum Gasteiger partial charge on any atom is -0.497 e. The fourth-order valence-corrected chi connectivity index (χ4v) is 5.14. The number of ether oxygens (including phenoxy) is 2. The third kappa shape index (κ3) is 6.89. The van der Waals surface area contributed by atoms with Crippen molar-refractivity contribution in [2.75, 3.05) is 20.8 Å². The molecule has 0 aliphatic carbocycles. The van der Waals surface area contributed by atoms with Crippen LogP contribution >= 0.6 is 34.8 Å². The van der Waals surface area contributed by atoms with Gasteiger partial charge in [0.25, 0.3) is 5.91 Å². The summed E-state index contributed by atoms with van der Waals surface area (Å²) >= 11 is 18.4. The van der Waals surface area contributed by atoms with E-state index in [1.165, 1.54) is 44.7 Å². The van der Waals surface area contributed by atoms with E-state index in [-0.39, 0.29) is 21.5 Å². The Balaban J connectivity index is 1.84. The van der Waals surface area contributed by atoms with Crippen LogP contribution in [0, 0.1) is 0 Å². The van der Waals surface area contributed by atoms with Gasteiger partial charge in [0.05, 0.1) is 31.9 Å². The van der Waals surface area contributed by atoms with Crippen molar-refractivity contribution in [3.8, 4) is 11.5 Å². The molecule has 0 fully saturated rings. The largest absolute Gasteiger partial charge is 0.497 e. The van der Waals surface area contributed by atoms with Gasteiger partial charge >= 0.3 is 0 Å². The maximum absolute atomic E-state index is 13.4. The van der Waals surface area contributed by atoms with E-state index in [0.29, 0.717) is 27.6 Å². The molecule has 0 atom stereocenters. The maximum Gasteiger partial charge on any atom is 0.255 e. The number of hydrazone groups is 1. The zero-order valence-electron chi connectivity index (χ0n) is 19.2. The van der Waals surface area contributed by atoms with Gasteiger partial charge in [-0.15, -0.1) is 0 Å². The fourth-order valence-electron chi connectivity index (χ4n) is 3.14. The maximum atomic E-state index is 13.4. The molecule has 0 aliphatic heterocycles.